The molecule has 1 fully saturated rings. The number of hydrogen-bond donors (Lipinski definition) is 0. The Morgan fingerprint density at radius 2 is 2.00 bits per heavy atom. The quantitative estimate of drug-likeness (QED) is 0.772. The Morgan fingerprint density at radius 3 is 2.56 bits per heavy atom. The average Bonchev–Trinajstić information content (AvgIpc) is 2.41. The number of aromatic nitrogens is 1. The molecule has 0 bridgehead atoms. The number of pyridine rings is 1. The Bertz CT molecular complexity index is 394. The zero-order valence-corrected chi connectivity index (χ0v) is 10.9. The minimum Gasteiger partial charge on any atom is -0.489 e. The van der Waals surface area contributed by atoms with E-state index in [0.29, 0.717) is 0 Å². The Balaban J connectivity index is 1.83. The summed E-state index contributed by atoms with van der Waals surface area (Å²) in [5.74, 6) is 0.763. The lowest BCUT2D eigenvalue weighted by Gasteiger charge is -2.27. The highest BCUT2D eigenvalue weighted by Gasteiger charge is 2.27. The maximum absolute atomic E-state index is 11.4. The van der Waals surface area contributed by atoms with Crippen molar-refractivity contribution in [1.82, 2.24) is 4.98 Å². The van der Waals surface area contributed by atoms with Gasteiger partial charge in [0.1, 0.15) is 5.75 Å². The Kier molecular flexibility index (Phi) is 4.18. The predicted molar refractivity (Wildman–Crippen MR) is 67.4 cm³/mol. The number of hydrogen-bond acceptors (Lipinski definition) is 4. The van der Waals surface area contributed by atoms with Gasteiger partial charge in [-0.2, -0.15) is 0 Å². The van der Waals surface area contributed by atoms with Gasteiger partial charge in [-0.1, -0.05) is 0 Å². The lowest BCUT2D eigenvalue weighted by molar-refractivity contribution is -0.147. The first-order valence-electron chi connectivity index (χ1n) is 6.36. The first-order valence-corrected chi connectivity index (χ1v) is 6.36. The van der Waals surface area contributed by atoms with Gasteiger partial charge in [0.2, 0.25) is 0 Å². The fourth-order valence-electron chi connectivity index (χ4n) is 2.30. The summed E-state index contributed by atoms with van der Waals surface area (Å²) in [6.07, 6.45) is 5.42. The van der Waals surface area contributed by atoms with Gasteiger partial charge in [-0.3, -0.25) is 9.78 Å². The van der Waals surface area contributed by atoms with Crippen LogP contribution in [-0.2, 0) is 9.53 Å². The molecule has 0 atom stereocenters. The van der Waals surface area contributed by atoms with E-state index < -0.39 is 0 Å². The van der Waals surface area contributed by atoms with Gasteiger partial charge >= 0.3 is 5.97 Å². The van der Waals surface area contributed by atoms with Gasteiger partial charge in [0, 0.05) is 5.69 Å². The van der Waals surface area contributed by atoms with E-state index in [9.17, 15) is 4.79 Å². The second kappa shape index (κ2) is 5.85. The molecule has 0 aromatic carbocycles. The van der Waals surface area contributed by atoms with E-state index in [1.807, 2.05) is 19.1 Å². The summed E-state index contributed by atoms with van der Waals surface area (Å²) >= 11 is 0. The van der Waals surface area contributed by atoms with Gasteiger partial charge < -0.3 is 9.47 Å². The van der Waals surface area contributed by atoms with Crippen LogP contribution in [0.2, 0.25) is 0 Å². The molecule has 0 radical (unpaired) electrons. The lowest BCUT2D eigenvalue weighted by Crippen LogP contribution is -2.28. The van der Waals surface area contributed by atoms with Crippen molar-refractivity contribution in [3.05, 3.63) is 24.0 Å². The van der Waals surface area contributed by atoms with Gasteiger partial charge in [0.25, 0.3) is 0 Å². The first-order chi connectivity index (χ1) is 8.69. The molecule has 1 saturated carbocycles. The molecule has 0 N–H and O–H groups in total. The van der Waals surface area contributed by atoms with Gasteiger partial charge in [0.05, 0.1) is 25.3 Å². The maximum atomic E-state index is 11.4. The molecule has 1 aromatic heterocycles. The van der Waals surface area contributed by atoms with Crippen LogP contribution >= 0.6 is 0 Å². The van der Waals surface area contributed by atoms with Gasteiger partial charge in [-0.25, -0.2) is 0 Å². The van der Waals surface area contributed by atoms with Crippen molar-refractivity contribution in [3.63, 3.8) is 0 Å². The molecule has 1 aromatic rings. The number of carbonyl (C=O) groups is 1. The molecule has 0 amide bonds. The molecule has 0 aliphatic heterocycles. The minimum atomic E-state index is -0.0922. The van der Waals surface area contributed by atoms with Crippen LogP contribution in [0.4, 0.5) is 0 Å². The van der Waals surface area contributed by atoms with E-state index in [2.05, 4.69) is 4.98 Å². The monoisotopic (exact) mass is 249 g/mol. The third-order valence-corrected chi connectivity index (χ3v) is 3.40. The van der Waals surface area contributed by atoms with Crippen LogP contribution < -0.4 is 4.74 Å². The summed E-state index contributed by atoms with van der Waals surface area (Å²) in [5.41, 5.74) is 0.983. The summed E-state index contributed by atoms with van der Waals surface area (Å²) in [6.45, 7) is 1.95. The smallest absolute Gasteiger partial charge is 0.308 e. The van der Waals surface area contributed by atoms with Gasteiger partial charge in [0.15, 0.2) is 0 Å². The third-order valence-electron chi connectivity index (χ3n) is 3.40. The van der Waals surface area contributed by atoms with Crippen molar-refractivity contribution < 1.29 is 14.3 Å². The highest BCUT2D eigenvalue weighted by Crippen LogP contribution is 2.28. The molecule has 0 spiro atoms. The number of rotatable bonds is 3. The van der Waals surface area contributed by atoms with E-state index in [1.165, 1.54) is 7.11 Å². The van der Waals surface area contributed by atoms with Crippen LogP contribution in [0.1, 0.15) is 31.4 Å². The largest absolute Gasteiger partial charge is 0.489 e. The summed E-state index contributed by atoms with van der Waals surface area (Å²) in [4.78, 5) is 15.6. The maximum Gasteiger partial charge on any atom is 0.308 e. The first kappa shape index (κ1) is 12.9. The standard InChI is InChI=1S/C14H19NO3/c1-10-3-6-13(9-15-10)18-12-7-4-11(5-8-12)14(16)17-2/h3,6,9,11-12H,4-5,7-8H2,1-2H3. The van der Waals surface area contributed by atoms with E-state index in [4.69, 9.17) is 9.47 Å². The predicted octanol–water partition coefficient (Wildman–Crippen LogP) is 2.50. The fraction of sp³-hybridized carbons (Fsp3) is 0.571. The summed E-state index contributed by atoms with van der Waals surface area (Å²) in [5, 5.41) is 0. The van der Waals surface area contributed by atoms with Crippen LogP contribution in [0.15, 0.2) is 18.3 Å². The third kappa shape index (κ3) is 3.22. The normalized spacial score (nSPS) is 23.4. The van der Waals surface area contributed by atoms with E-state index >= 15 is 0 Å². The number of carbonyl (C=O) groups excluding carboxylic acids is 1. The molecule has 2 rings (SSSR count). The number of ether oxygens (including phenoxy) is 2. The van der Waals surface area contributed by atoms with E-state index in [0.717, 1.165) is 37.1 Å². The molecule has 0 saturated heterocycles. The second-order valence-corrected chi connectivity index (χ2v) is 4.75. The molecule has 18 heavy (non-hydrogen) atoms. The second-order valence-electron chi connectivity index (χ2n) is 4.75. The van der Waals surface area contributed by atoms with E-state index in [1.54, 1.807) is 6.20 Å². The van der Waals surface area contributed by atoms with E-state index in [-0.39, 0.29) is 18.0 Å². The van der Waals surface area contributed by atoms with Crippen molar-refractivity contribution in [2.75, 3.05) is 7.11 Å². The summed E-state index contributed by atoms with van der Waals surface area (Å²) in [7, 11) is 1.45. The van der Waals surface area contributed by atoms with Crippen LogP contribution in [0.25, 0.3) is 0 Å². The van der Waals surface area contributed by atoms with Crippen LogP contribution in [-0.4, -0.2) is 24.2 Å². The van der Waals surface area contributed by atoms with Crippen molar-refractivity contribution in [2.24, 2.45) is 5.92 Å². The number of methoxy groups -OCH3 is 1. The summed E-state index contributed by atoms with van der Waals surface area (Å²) < 4.78 is 10.6. The lowest BCUT2D eigenvalue weighted by atomic mass is 9.87. The molecular weight excluding hydrogens is 230 g/mol. The zero-order chi connectivity index (χ0) is 13.0. The van der Waals surface area contributed by atoms with Gasteiger partial charge in [-0.15, -0.1) is 0 Å². The average molecular weight is 249 g/mol. The highest BCUT2D eigenvalue weighted by atomic mass is 16.5. The molecular formula is C14H19NO3. The van der Waals surface area contributed by atoms with Crippen LogP contribution in [0.3, 0.4) is 0 Å². The Morgan fingerprint density at radius 1 is 1.28 bits per heavy atom. The molecule has 1 aliphatic rings. The minimum absolute atomic E-state index is 0.0472. The molecule has 4 nitrogen and oxygen atoms in total. The molecule has 0 unspecified atom stereocenters. The SMILES string of the molecule is COC(=O)C1CCC(Oc2ccc(C)nc2)CC1. The van der Waals surface area contributed by atoms with Crippen molar-refractivity contribution >= 4 is 5.97 Å². The molecule has 1 aliphatic carbocycles. The van der Waals surface area contributed by atoms with Crippen LogP contribution in [0.5, 0.6) is 5.75 Å². The molecule has 4 heteroatoms. The zero-order valence-electron chi connectivity index (χ0n) is 10.9. The fourth-order valence-corrected chi connectivity index (χ4v) is 2.30. The van der Waals surface area contributed by atoms with Gasteiger partial charge in [-0.05, 0) is 44.7 Å². The number of esters is 1. The topological polar surface area (TPSA) is 48.4 Å². The molecule has 98 valence electrons. The number of aryl methyl sites for hydroxylation is 1. The summed E-state index contributed by atoms with van der Waals surface area (Å²) in [6, 6.07) is 3.88. The van der Waals surface area contributed by atoms with Crippen LogP contribution in [0, 0.1) is 12.8 Å². The Hall–Kier alpha value is -1.58. The number of nitrogens with zero attached hydrogens (tertiary/aromatic N) is 1. The van der Waals surface area contributed by atoms with Crippen molar-refractivity contribution in [2.45, 2.75) is 38.7 Å². The molecule has 1 heterocycles. The van der Waals surface area contributed by atoms with Crippen molar-refractivity contribution in [1.29, 1.82) is 0 Å². The van der Waals surface area contributed by atoms with Crippen molar-refractivity contribution in [3.8, 4) is 5.75 Å². The Labute approximate surface area is 107 Å². The highest BCUT2D eigenvalue weighted by molar-refractivity contribution is 5.72.